The first-order valence-electron chi connectivity index (χ1n) is 6.92. The summed E-state index contributed by atoms with van der Waals surface area (Å²) in [5, 5.41) is 3.49. The molecular formula is C16H25NO. The van der Waals surface area contributed by atoms with Gasteiger partial charge in [0.2, 0.25) is 0 Å². The molecule has 0 spiro atoms. The summed E-state index contributed by atoms with van der Waals surface area (Å²) >= 11 is 0. The zero-order chi connectivity index (χ0) is 13.3. The van der Waals surface area contributed by atoms with Crippen LogP contribution in [-0.2, 0) is 0 Å². The molecule has 0 saturated heterocycles. The Hall–Kier alpha value is -1.02. The molecule has 0 atom stereocenters. The van der Waals surface area contributed by atoms with Gasteiger partial charge in [0, 0.05) is 12.6 Å². The second-order valence-electron chi connectivity index (χ2n) is 6.05. The van der Waals surface area contributed by atoms with Crippen LogP contribution >= 0.6 is 0 Å². The third kappa shape index (κ3) is 3.05. The van der Waals surface area contributed by atoms with Crippen LogP contribution in [0.2, 0.25) is 0 Å². The van der Waals surface area contributed by atoms with Crippen molar-refractivity contribution >= 4 is 0 Å². The summed E-state index contributed by atoms with van der Waals surface area (Å²) in [6.07, 6.45) is 2.33. The Bertz CT molecular complexity index is 410. The van der Waals surface area contributed by atoms with Crippen LogP contribution in [0.15, 0.2) is 12.1 Å². The van der Waals surface area contributed by atoms with Gasteiger partial charge in [-0.25, -0.2) is 0 Å². The summed E-state index contributed by atoms with van der Waals surface area (Å²) in [5.41, 5.74) is 3.86. The third-order valence-electron chi connectivity index (χ3n) is 3.56. The van der Waals surface area contributed by atoms with Crippen LogP contribution in [0.3, 0.4) is 0 Å². The minimum atomic E-state index is 0.0506. The van der Waals surface area contributed by atoms with Crippen molar-refractivity contribution in [1.82, 2.24) is 5.32 Å². The Labute approximate surface area is 111 Å². The first kappa shape index (κ1) is 13.4. The number of hydrogen-bond acceptors (Lipinski definition) is 2. The lowest BCUT2D eigenvalue weighted by molar-refractivity contribution is 0.170. The first-order chi connectivity index (χ1) is 8.42. The van der Waals surface area contributed by atoms with Crippen molar-refractivity contribution in [3.63, 3.8) is 0 Å². The summed E-state index contributed by atoms with van der Waals surface area (Å²) in [7, 11) is 0. The molecule has 0 aromatic heterocycles. The van der Waals surface area contributed by atoms with Crippen molar-refractivity contribution in [2.75, 3.05) is 6.54 Å². The molecule has 100 valence electrons. The van der Waals surface area contributed by atoms with Gasteiger partial charge in [-0.2, -0.15) is 0 Å². The van der Waals surface area contributed by atoms with Crippen LogP contribution < -0.4 is 10.1 Å². The van der Waals surface area contributed by atoms with E-state index in [2.05, 4.69) is 52.1 Å². The Morgan fingerprint density at radius 2 is 1.72 bits per heavy atom. The molecule has 2 nitrogen and oxygen atoms in total. The highest BCUT2D eigenvalue weighted by atomic mass is 16.5. The van der Waals surface area contributed by atoms with E-state index in [0.717, 1.165) is 12.3 Å². The third-order valence-corrected chi connectivity index (χ3v) is 3.56. The van der Waals surface area contributed by atoms with Crippen molar-refractivity contribution in [3.8, 4) is 5.75 Å². The Morgan fingerprint density at radius 3 is 2.17 bits per heavy atom. The molecule has 1 aromatic carbocycles. The van der Waals surface area contributed by atoms with Crippen molar-refractivity contribution in [2.24, 2.45) is 0 Å². The molecule has 0 amide bonds. The average Bonchev–Trinajstić information content (AvgIpc) is 3.01. The van der Waals surface area contributed by atoms with Gasteiger partial charge in [-0.05, 0) is 44.7 Å². The number of aryl methyl sites for hydroxylation is 3. The van der Waals surface area contributed by atoms with Gasteiger partial charge in [0.15, 0.2) is 0 Å². The van der Waals surface area contributed by atoms with E-state index in [0.29, 0.717) is 6.04 Å². The van der Waals surface area contributed by atoms with Crippen LogP contribution in [0.4, 0.5) is 0 Å². The lowest BCUT2D eigenvalue weighted by Crippen LogP contribution is -2.37. The maximum atomic E-state index is 6.32. The van der Waals surface area contributed by atoms with Crippen LogP contribution in [0.5, 0.6) is 5.75 Å². The van der Waals surface area contributed by atoms with E-state index >= 15 is 0 Å². The molecule has 0 bridgehead atoms. The number of hydrogen-bond donors (Lipinski definition) is 1. The molecule has 2 heteroatoms. The van der Waals surface area contributed by atoms with E-state index in [9.17, 15) is 0 Å². The summed E-state index contributed by atoms with van der Waals surface area (Å²) in [5.74, 6) is 1.09. The van der Waals surface area contributed by atoms with Crippen LogP contribution in [0.25, 0.3) is 0 Å². The van der Waals surface area contributed by atoms with Crippen molar-refractivity contribution in [3.05, 3.63) is 28.8 Å². The predicted molar refractivity (Wildman–Crippen MR) is 76.4 cm³/mol. The first-order valence-corrected chi connectivity index (χ1v) is 6.92. The SMILES string of the molecule is Cc1cc(C)c(OC2(CNC(C)C)CC2)c(C)c1. The molecule has 0 heterocycles. The molecule has 2 rings (SSSR count). The summed E-state index contributed by atoms with van der Waals surface area (Å²) in [4.78, 5) is 0. The van der Waals surface area contributed by atoms with E-state index in [1.165, 1.54) is 29.5 Å². The minimum absolute atomic E-state index is 0.0506. The fourth-order valence-corrected chi connectivity index (χ4v) is 2.39. The quantitative estimate of drug-likeness (QED) is 0.859. The number of ether oxygens (including phenoxy) is 1. The van der Waals surface area contributed by atoms with Crippen LogP contribution in [-0.4, -0.2) is 18.2 Å². The van der Waals surface area contributed by atoms with Gasteiger partial charge in [-0.15, -0.1) is 0 Å². The molecule has 0 aliphatic heterocycles. The molecule has 1 aliphatic carbocycles. The van der Waals surface area contributed by atoms with E-state index < -0.39 is 0 Å². The minimum Gasteiger partial charge on any atom is -0.485 e. The van der Waals surface area contributed by atoms with Crippen LogP contribution in [0.1, 0.15) is 43.4 Å². The molecule has 18 heavy (non-hydrogen) atoms. The van der Waals surface area contributed by atoms with Gasteiger partial charge in [0.05, 0.1) is 0 Å². The zero-order valence-electron chi connectivity index (χ0n) is 12.3. The number of nitrogens with one attached hydrogen (secondary N) is 1. The molecule has 0 radical (unpaired) electrons. The van der Waals surface area contributed by atoms with Gasteiger partial charge in [-0.1, -0.05) is 31.5 Å². The van der Waals surface area contributed by atoms with Crippen molar-refractivity contribution < 1.29 is 4.74 Å². The van der Waals surface area contributed by atoms with Crippen molar-refractivity contribution in [2.45, 2.75) is 59.1 Å². The average molecular weight is 247 g/mol. The summed E-state index contributed by atoms with van der Waals surface area (Å²) in [6.45, 7) is 11.7. The zero-order valence-corrected chi connectivity index (χ0v) is 12.3. The topological polar surface area (TPSA) is 21.3 Å². The predicted octanol–water partition coefficient (Wildman–Crippen LogP) is 3.52. The second kappa shape index (κ2) is 4.93. The Morgan fingerprint density at radius 1 is 1.17 bits per heavy atom. The summed E-state index contributed by atoms with van der Waals surface area (Å²) < 4.78 is 6.32. The number of rotatable bonds is 5. The standard InChI is InChI=1S/C16H25NO/c1-11(2)17-10-16(6-7-16)18-15-13(4)8-12(3)9-14(15)5/h8-9,11,17H,6-7,10H2,1-5H3. The molecule has 1 N–H and O–H groups in total. The lowest BCUT2D eigenvalue weighted by atomic mass is 10.1. The van der Waals surface area contributed by atoms with Gasteiger partial charge in [0.25, 0.3) is 0 Å². The van der Waals surface area contributed by atoms with Crippen LogP contribution in [0, 0.1) is 20.8 Å². The van der Waals surface area contributed by atoms with E-state index in [1.54, 1.807) is 0 Å². The second-order valence-corrected chi connectivity index (χ2v) is 6.05. The highest BCUT2D eigenvalue weighted by Gasteiger charge is 2.45. The molecule has 1 aliphatic rings. The number of benzene rings is 1. The fourth-order valence-electron chi connectivity index (χ4n) is 2.39. The van der Waals surface area contributed by atoms with Crippen molar-refractivity contribution in [1.29, 1.82) is 0 Å². The van der Waals surface area contributed by atoms with E-state index in [4.69, 9.17) is 4.74 Å². The van der Waals surface area contributed by atoms with E-state index in [1.807, 2.05) is 0 Å². The Balaban J connectivity index is 2.10. The smallest absolute Gasteiger partial charge is 0.126 e. The summed E-state index contributed by atoms with van der Waals surface area (Å²) in [6, 6.07) is 4.93. The highest BCUT2D eigenvalue weighted by molar-refractivity contribution is 5.43. The van der Waals surface area contributed by atoms with Gasteiger partial charge >= 0.3 is 0 Å². The lowest BCUT2D eigenvalue weighted by Gasteiger charge is -2.23. The van der Waals surface area contributed by atoms with E-state index in [-0.39, 0.29) is 5.60 Å². The molecule has 1 fully saturated rings. The molecule has 1 saturated carbocycles. The monoisotopic (exact) mass is 247 g/mol. The highest BCUT2D eigenvalue weighted by Crippen LogP contribution is 2.41. The van der Waals surface area contributed by atoms with Gasteiger partial charge in [-0.3, -0.25) is 0 Å². The largest absolute Gasteiger partial charge is 0.485 e. The Kier molecular flexibility index (Phi) is 3.67. The van der Waals surface area contributed by atoms with Gasteiger partial charge < -0.3 is 10.1 Å². The fraction of sp³-hybridized carbons (Fsp3) is 0.625. The molecular weight excluding hydrogens is 222 g/mol. The van der Waals surface area contributed by atoms with Gasteiger partial charge in [0.1, 0.15) is 11.4 Å². The normalized spacial score (nSPS) is 17.0. The maximum absolute atomic E-state index is 6.32. The maximum Gasteiger partial charge on any atom is 0.126 e. The molecule has 1 aromatic rings. The molecule has 0 unspecified atom stereocenters.